The molecule has 7 nitrogen and oxygen atoms in total. The summed E-state index contributed by atoms with van der Waals surface area (Å²) in [5.74, 6) is -1.19. The van der Waals surface area contributed by atoms with Gasteiger partial charge in [-0.15, -0.1) is 6.58 Å². The third-order valence-electron chi connectivity index (χ3n) is 6.68. The second-order valence-electron chi connectivity index (χ2n) is 8.70. The van der Waals surface area contributed by atoms with Crippen LogP contribution < -0.4 is 4.90 Å². The number of carbonyl (C=O) groups excluding carboxylic acids is 3. The first-order valence-electron chi connectivity index (χ1n) is 11.1. The molecule has 3 atom stereocenters. The van der Waals surface area contributed by atoms with Gasteiger partial charge in [0.15, 0.2) is 0 Å². The normalized spacial score (nSPS) is 26.8. The van der Waals surface area contributed by atoms with Gasteiger partial charge in [0.05, 0.1) is 19.1 Å². The quantitative estimate of drug-likeness (QED) is 0.379. The number of amides is 2. The molecule has 0 radical (unpaired) electrons. The highest BCUT2D eigenvalue weighted by atomic mass is 16.6. The minimum atomic E-state index is -1.22. The van der Waals surface area contributed by atoms with Gasteiger partial charge in [0.1, 0.15) is 5.54 Å². The molecule has 2 heterocycles. The molecule has 0 N–H and O–H groups in total. The Morgan fingerprint density at radius 3 is 2.68 bits per heavy atom. The number of rotatable bonds is 7. The monoisotopic (exact) mass is 426 g/mol. The Morgan fingerprint density at radius 2 is 2.00 bits per heavy atom. The van der Waals surface area contributed by atoms with Crippen molar-refractivity contribution in [2.24, 2.45) is 11.8 Å². The van der Waals surface area contributed by atoms with Gasteiger partial charge in [-0.3, -0.25) is 14.5 Å². The van der Waals surface area contributed by atoms with Gasteiger partial charge in [0.25, 0.3) is 5.91 Å². The van der Waals surface area contributed by atoms with E-state index in [9.17, 15) is 14.4 Å². The van der Waals surface area contributed by atoms with Crippen LogP contribution in [0.2, 0.25) is 0 Å². The third kappa shape index (κ3) is 3.60. The number of para-hydroxylation sites is 1. The molecule has 4 rings (SSSR count). The van der Waals surface area contributed by atoms with Crippen molar-refractivity contribution in [3.8, 4) is 0 Å². The zero-order valence-electron chi connectivity index (χ0n) is 18.2. The molecule has 1 saturated heterocycles. The van der Waals surface area contributed by atoms with Gasteiger partial charge in [-0.25, -0.2) is 4.79 Å². The van der Waals surface area contributed by atoms with Crippen LogP contribution in [0.15, 0.2) is 36.9 Å². The molecule has 1 aromatic rings. The Kier molecular flexibility index (Phi) is 5.77. The molecule has 1 aliphatic carbocycles. The predicted octanol–water partition coefficient (Wildman–Crippen LogP) is 3.49. The van der Waals surface area contributed by atoms with E-state index in [1.807, 2.05) is 24.3 Å². The van der Waals surface area contributed by atoms with Gasteiger partial charge >= 0.3 is 12.1 Å². The van der Waals surface area contributed by atoms with Crippen LogP contribution in [-0.2, 0) is 19.1 Å². The number of benzene rings is 1. The van der Waals surface area contributed by atoms with E-state index < -0.39 is 29.4 Å². The molecule has 166 valence electrons. The standard InChI is InChI=1S/C24H30N2O5/c1-4-6-13-31-23(29)26-15-18(21(27)30-5-2)20-17-9-7-8-10-19(17)25(14-16-11-12-16)22(28)24(20,26)3/h4,7-10,16,18,20H,1,5-6,11-15H2,2-3H3/t18-,20+,24-/m0/s1. The molecule has 7 heteroatoms. The predicted molar refractivity (Wildman–Crippen MR) is 116 cm³/mol. The summed E-state index contributed by atoms with van der Waals surface area (Å²) in [7, 11) is 0. The first kappa shape index (κ1) is 21.4. The number of likely N-dealkylation sites (tertiary alicyclic amines) is 1. The zero-order chi connectivity index (χ0) is 22.2. The number of anilines is 1. The van der Waals surface area contributed by atoms with E-state index in [1.165, 1.54) is 4.90 Å². The van der Waals surface area contributed by atoms with E-state index in [2.05, 4.69) is 6.58 Å². The number of nitrogens with zero attached hydrogens (tertiary/aromatic N) is 2. The summed E-state index contributed by atoms with van der Waals surface area (Å²) in [4.78, 5) is 43.2. The second kappa shape index (κ2) is 8.36. The van der Waals surface area contributed by atoms with Crippen molar-refractivity contribution < 1.29 is 23.9 Å². The molecule has 31 heavy (non-hydrogen) atoms. The smallest absolute Gasteiger partial charge is 0.410 e. The highest BCUT2D eigenvalue weighted by Gasteiger charge is 2.64. The Labute approximate surface area is 183 Å². The third-order valence-corrected chi connectivity index (χ3v) is 6.68. The summed E-state index contributed by atoms with van der Waals surface area (Å²) in [5, 5.41) is 0. The molecule has 0 unspecified atom stereocenters. The summed E-state index contributed by atoms with van der Waals surface area (Å²) in [6.07, 6.45) is 3.81. The van der Waals surface area contributed by atoms with Gasteiger partial charge in [-0.1, -0.05) is 24.3 Å². The first-order valence-corrected chi connectivity index (χ1v) is 11.1. The fourth-order valence-corrected chi connectivity index (χ4v) is 4.97. The molecule has 1 saturated carbocycles. The van der Waals surface area contributed by atoms with E-state index in [1.54, 1.807) is 24.8 Å². The Bertz CT molecular complexity index is 896. The van der Waals surface area contributed by atoms with Crippen LogP contribution in [0.4, 0.5) is 10.5 Å². The van der Waals surface area contributed by atoms with Crippen LogP contribution in [0.25, 0.3) is 0 Å². The zero-order valence-corrected chi connectivity index (χ0v) is 18.2. The maximum atomic E-state index is 13.9. The largest absolute Gasteiger partial charge is 0.466 e. The number of carbonyl (C=O) groups is 3. The van der Waals surface area contributed by atoms with Crippen LogP contribution in [0, 0.1) is 11.8 Å². The Balaban J connectivity index is 1.78. The number of fused-ring (bicyclic) bond motifs is 3. The summed E-state index contributed by atoms with van der Waals surface area (Å²) >= 11 is 0. The van der Waals surface area contributed by atoms with Gasteiger partial charge in [0, 0.05) is 24.7 Å². The summed E-state index contributed by atoms with van der Waals surface area (Å²) in [6.45, 7) is 8.30. The Morgan fingerprint density at radius 1 is 1.26 bits per heavy atom. The topological polar surface area (TPSA) is 76.2 Å². The van der Waals surface area contributed by atoms with Crippen molar-refractivity contribution in [1.29, 1.82) is 0 Å². The SMILES string of the molecule is C=CCCOC(=O)N1C[C@H](C(=O)OCC)[C@H]2c3ccccc3N(CC3CC3)C(=O)[C@]21C. The van der Waals surface area contributed by atoms with E-state index in [0.717, 1.165) is 24.1 Å². The van der Waals surface area contributed by atoms with E-state index in [-0.39, 0.29) is 25.7 Å². The molecule has 1 aromatic carbocycles. The van der Waals surface area contributed by atoms with Gasteiger partial charge in [0.2, 0.25) is 0 Å². The van der Waals surface area contributed by atoms with E-state index >= 15 is 0 Å². The number of ether oxygens (including phenoxy) is 2. The van der Waals surface area contributed by atoms with Crippen molar-refractivity contribution in [2.75, 3.05) is 31.2 Å². The molecule has 2 amide bonds. The lowest BCUT2D eigenvalue weighted by molar-refractivity contribution is -0.148. The van der Waals surface area contributed by atoms with Crippen LogP contribution in [0.1, 0.15) is 44.6 Å². The van der Waals surface area contributed by atoms with Crippen molar-refractivity contribution in [3.63, 3.8) is 0 Å². The Hall–Kier alpha value is -2.83. The maximum Gasteiger partial charge on any atom is 0.410 e. The van der Waals surface area contributed by atoms with Crippen LogP contribution in [0.3, 0.4) is 0 Å². The minimum Gasteiger partial charge on any atom is -0.466 e. The van der Waals surface area contributed by atoms with Crippen LogP contribution in [0.5, 0.6) is 0 Å². The number of hydrogen-bond donors (Lipinski definition) is 0. The molecule has 2 aliphatic heterocycles. The molecule has 0 spiro atoms. The average molecular weight is 427 g/mol. The van der Waals surface area contributed by atoms with E-state index in [0.29, 0.717) is 18.9 Å². The molecule has 2 fully saturated rings. The fourth-order valence-electron chi connectivity index (χ4n) is 4.97. The van der Waals surface area contributed by atoms with Crippen LogP contribution in [-0.4, -0.2) is 54.7 Å². The van der Waals surface area contributed by atoms with Gasteiger partial charge in [-0.05, 0) is 50.7 Å². The summed E-state index contributed by atoms with van der Waals surface area (Å²) in [5.41, 5.74) is 0.522. The summed E-state index contributed by atoms with van der Waals surface area (Å²) in [6, 6.07) is 7.72. The molecule has 0 aromatic heterocycles. The van der Waals surface area contributed by atoms with Gasteiger partial charge < -0.3 is 14.4 Å². The van der Waals surface area contributed by atoms with Crippen molar-refractivity contribution in [2.45, 2.75) is 44.6 Å². The lowest BCUT2D eigenvalue weighted by Gasteiger charge is -2.46. The van der Waals surface area contributed by atoms with Gasteiger partial charge in [-0.2, -0.15) is 0 Å². The van der Waals surface area contributed by atoms with E-state index in [4.69, 9.17) is 9.47 Å². The second-order valence-corrected chi connectivity index (χ2v) is 8.70. The highest BCUT2D eigenvalue weighted by molar-refractivity contribution is 6.07. The lowest BCUT2D eigenvalue weighted by Crippen LogP contribution is -2.62. The van der Waals surface area contributed by atoms with Crippen molar-refractivity contribution in [1.82, 2.24) is 4.90 Å². The fraction of sp³-hybridized carbons (Fsp3) is 0.542. The molecule has 0 bridgehead atoms. The highest BCUT2D eigenvalue weighted by Crippen LogP contribution is 2.54. The van der Waals surface area contributed by atoms with Crippen molar-refractivity contribution >= 4 is 23.7 Å². The van der Waals surface area contributed by atoms with Crippen LogP contribution >= 0.6 is 0 Å². The number of esters is 1. The van der Waals surface area contributed by atoms with Crippen molar-refractivity contribution in [3.05, 3.63) is 42.5 Å². The first-order chi connectivity index (χ1) is 14.9. The summed E-state index contributed by atoms with van der Waals surface area (Å²) < 4.78 is 10.8. The maximum absolute atomic E-state index is 13.9. The minimum absolute atomic E-state index is 0.0876. The lowest BCUT2D eigenvalue weighted by atomic mass is 9.72. The molecule has 3 aliphatic rings. The number of hydrogen-bond acceptors (Lipinski definition) is 5. The average Bonchev–Trinajstić information content (AvgIpc) is 3.52. The molecular weight excluding hydrogens is 396 g/mol. The molecular formula is C24H30N2O5.